The highest BCUT2D eigenvalue weighted by molar-refractivity contribution is 6.30. The normalized spacial score (nSPS) is 10.4. The quantitative estimate of drug-likeness (QED) is 0.410. The van der Waals surface area contributed by atoms with Crippen LogP contribution < -0.4 is 16.1 Å². The van der Waals surface area contributed by atoms with Crippen LogP contribution in [-0.4, -0.2) is 9.55 Å². The topological polar surface area (TPSA) is 65.1 Å². The van der Waals surface area contributed by atoms with Gasteiger partial charge < -0.3 is 14.7 Å². The van der Waals surface area contributed by atoms with E-state index in [2.05, 4.69) is 22.0 Å². The second-order valence-electron chi connectivity index (χ2n) is 6.32. The van der Waals surface area contributed by atoms with Crippen molar-refractivity contribution in [3.63, 3.8) is 0 Å². The summed E-state index contributed by atoms with van der Waals surface area (Å²) in [4.78, 5) is 9.44. The van der Waals surface area contributed by atoms with Crippen molar-refractivity contribution in [1.29, 1.82) is 0 Å². The van der Waals surface area contributed by atoms with E-state index in [-0.39, 0.29) is 0 Å². The first-order valence-corrected chi connectivity index (χ1v) is 9.94. The molecule has 0 saturated carbocycles. The van der Waals surface area contributed by atoms with E-state index in [4.69, 9.17) is 27.3 Å². The van der Waals surface area contributed by atoms with Crippen LogP contribution >= 0.6 is 11.6 Å². The van der Waals surface area contributed by atoms with Crippen LogP contribution in [0.25, 0.3) is 22.3 Å². The molecule has 2 aromatic carbocycles. The highest BCUT2D eigenvalue weighted by Gasteiger charge is 2.10. The first-order chi connectivity index (χ1) is 14.1. The van der Waals surface area contributed by atoms with Crippen molar-refractivity contribution >= 4 is 28.5 Å². The summed E-state index contributed by atoms with van der Waals surface area (Å²) >= 11 is 6.14. The van der Waals surface area contributed by atoms with E-state index in [0.717, 1.165) is 38.7 Å². The zero-order valence-electron chi connectivity index (χ0n) is 16.8. The number of pyridine rings is 1. The molecule has 0 fully saturated rings. The van der Waals surface area contributed by atoms with Crippen molar-refractivity contribution in [2.75, 3.05) is 5.32 Å². The Morgan fingerprint density at radius 1 is 1.03 bits per heavy atom. The van der Waals surface area contributed by atoms with Crippen LogP contribution in [0.4, 0.5) is 5.82 Å². The summed E-state index contributed by atoms with van der Waals surface area (Å²) in [5.41, 5.74) is 5.27. The molecule has 150 valence electrons. The number of hydrogen-bond donors (Lipinski definition) is 2. The maximum Gasteiger partial charge on any atom is 0.146 e. The number of aryl methyl sites for hydroxylation is 1. The molecule has 0 saturated heterocycles. The second kappa shape index (κ2) is 9.45. The van der Waals surface area contributed by atoms with E-state index in [9.17, 15) is 0 Å². The summed E-state index contributed by atoms with van der Waals surface area (Å²) in [7, 11) is 2.04. The van der Waals surface area contributed by atoms with Gasteiger partial charge in [0.05, 0.1) is 16.7 Å². The molecule has 5 nitrogen and oxygen atoms in total. The molecular weight excluding hydrogens is 384 g/mol. The second-order valence-corrected chi connectivity index (χ2v) is 6.75. The molecule has 4 aromatic rings. The summed E-state index contributed by atoms with van der Waals surface area (Å²) in [6, 6.07) is 21.6. The smallest absolute Gasteiger partial charge is 0.146 e. The highest BCUT2D eigenvalue weighted by atomic mass is 35.5. The summed E-state index contributed by atoms with van der Waals surface area (Å²) < 4.78 is 2.13. The standard InChI is InChI=1S/C21H19ClN4O.C2H6/c1-26-19-9-10-21(24-13-14-5-7-17(27-23)8-6-14)25-18(19)12-20(26)15-3-2-4-16(22)11-15;1-2/h2-12H,13,23H2,1H3,(H,24,25);1-2H3. The maximum absolute atomic E-state index is 6.14. The molecule has 0 aliphatic rings. The van der Waals surface area contributed by atoms with E-state index in [1.54, 1.807) is 0 Å². The van der Waals surface area contributed by atoms with E-state index < -0.39 is 0 Å². The first-order valence-electron chi connectivity index (χ1n) is 9.56. The molecule has 0 spiro atoms. The number of nitrogens with one attached hydrogen (secondary N) is 1. The zero-order valence-corrected chi connectivity index (χ0v) is 17.6. The predicted molar refractivity (Wildman–Crippen MR) is 121 cm³/mol. The van der Waals surface area contributed by atoms with Crippen LogP contribution in [0.5, 0.6) is 5.75 Å². The molecule has 0 atom stereocenters. The van der Waals surface area contributed by atoms with Crippen molar-refractivity contribution in [2.45, 2.75) is 20.4 Å². The third-order valence-corrected chi connectivity index (χ3v) is 4.79. The molecule has 6 heteroatoms. The summed E-state index contributed by atoms with van der Waals surface area (Å²) in [6.07, 6.45) is 0. The van der Waals surface area contributed by atoms with Gasteiger partial charge in [-0.1, -0.05) is 49.7 Å². The molecule has 2 heterocycles. The number of anilines is 1. The molecule has 3 N–H and O–H groups in total. The Morgan fingerprint density at radius 3 is 2.48 bits per heavy atom. The number of fused-ring (bicyclic) bond motifs is 1. The van der Waals surface area contributed by atoms with Gasteiger partial charge in [0, 0.05) is 18.6 Å². The van der Waals surface area contributed by atoms with E-state index in [1.165, 1.54) is 0 Å². The highest BCUT2D eigenvalue weighted by Crippen LogP contribution is 2.28. The van der Waals surface area contributed by atoms with E-state index >= 15 is 0 Å². The fourth-order valence-corrected chi connectivity index (χ4v) is 3.31. The lowest BCUT2D eigenvalue weighted by atomic mass is 10.1. The lowest BCUT2D eigenvalue weighted by molar-refractivity contribution is 0.334. The minimum atomic E-state index is 0.635. The Bertz CT molecular complexity index is 1090. The predicted octanol–water partition coefficient (Wildman–Crippen LogP) is 5.78. The average Bonchev–Trinajstić information content (AvgIpc) is 3.10. The van der Waals surface area contributed by atoms with Gasteiger partial charge in [0.25, 0.3) is 0 Å². The third kappa shape index (κ3) is 4.70. The summed E-state index contributed by atoms with van der Waals surface area (Å²) in [5, 5.41) is 4.08. The summed E-state index contributed by atoms with van der Waals surface area (Å²) in [6.45, 7) is 4.66. The number of aromatic nitrogens is 2. The van der Waals surface area contributed by atoms with Crippen LogP contribution in [0.3, 0.4) is 0 Å². The van der Waals surface area contributed by atoms with Gasteiger partial charge in [-0.25, -0.2) is 4.98 Å². The SMILES string of the molecule is CC.Cn1c(-c2cccc(Cl)c2)cc2nc(NCc3ccc(ON)cc3)ccc21. The molecule has 0 bridgehead atoms. The summed E-state index contributed by atoms with van der Waals surface area (Å²) in [5.74, 6) is 6.61. The van der Waals surface area contributed by atoms with Gasteiger partial charge in [-0.15, -0.1) is 0 Å². The Hall–Kier alpha value is -3.02. The van der Waals surface area contributed by atoms with Gasteiger partial charge in [0.2, 0.25) is 0 Å². The van der Waals surface area contributed by atoms with Gasteiger partial charge in [0.15, 0.2) is 0 Å². The van der Waals surface area contributed by atoms with Gasteiger partial charge in [-0.05, 0) is 53.6 Å². The maximum atomic E-state index is 6.14. The van der Waals surface area contributed by atoms with E-state index in [0.29, 0.717) is 12.3 Å². The number of benzene rings is 2. The fraction of sp³-hybridized carbons (Fsp3) is 0.174. The molecule has 29 heavy (non-hydrogen) atoms. The largest absolute Gasteiger partial charge is 0.412 e. The lowest BCUT2D eigenvalue weighted by Gasteiger charge is -2.07. The Kier molecular flexibility index (Phi) is 6.75. The van der Waals surface area contributed by atoms with Crippen molar-refractivity contribution in [2.24, 2.45) is 12.9 Å². The Labute approximate surface area is 176 Å². The van der Waals surface area contributed by atoms with Crippen LogP contribution in [-0.2, 0) is 13.6 Å². The number of rotatable bonds is 5. The first kappa shape index (κ1) is 20.7. The third-order valence-electron chi connectivity index (χ3n) is 4.55. The van der Waals surface area contributed by atoms with Crippen molar-refractivity contribution in [3.8, 4) is 17.0 Å². The molecule has 0 aliphatic heterocycles. The van der Waals surface area contributed by atoms with Crippen molar-refractivity contribution < 1.29 is 4.84 Å². The van der Waals surface area contributed by atoms with Gasteiger partial charge in [-0.2, -0.15) is 5.90 Å². The lowest BCUT2D eigenvalue weighted by Crippen LogP contribution is -2.03. The Balaban J connectivity index is 0.00000117. The van der Waals surface area contributed by atoms with Gasteiger partial charge in [0.1, 0.15) is 11.6 Å². The number of hydrogen-bond acceptors (Lipinski definition) is 4. The van der Waals surface area contributed by atoms with Crippen LogP contribution in [0.1, 0.15) is 19.4 Å². The minimum absolute atomic E-state index is 0.635. The van der Waals surface area contributed by atoms with Crippen molar-refractivity contribution in [3.05, 3.63) is 77.3 Å². The number of halogens is 1. The number of nitrogens with two attached hydrogens (primary N) is 1. The molecule has 0 radical (unpaired) electrons. The zero-order chi connectivity index (χ0) is 20.8. The number of nitrogens with zero attached hydrogens (tertiary/aromatic N) is 2. The average molecular weight is 409 g/mol. The van der Waals surface area contributed by atoms with Crippen LogP contribution in [0, 0.1) is 0 Å². The molecule has 2 aromatic heterocycles. The molecule has 0 amide bonds. The molecule has 4 rings (SSSR count). The van der Waals surface area contributed by atoms with Crippen molar-refractivity contribution in [1.82, 2.24) is 9.55 Å². The Morgan fingerprint density at radius 2 is 1.79 bits per heavy atom. The minimum Gasteiger partial charge on any atom is -0.412 e. The van der Waals surface area contributed by atoms with E-state index in [1.807, 2.05) is 75.5 Å². The van der Waals surface area contributed by atoms with Gasteiger partial charge >= 0.3 is 0 Å². The van der Waals surface area contributed by atoms with Crippen LogP contribution in [0.15, 0.2) is 66.7 Å². The molecule has 0 unspecified atom stereocenters. The van der Waals surface area contributed by atoms with Crippen LogP contribution in [0.2, 0.25) is 5.02 Å². The van der Waals surface area contributed by atoms with Gasteiger partial charge in [-0.3, -0.25) is 0 Å². The monoisotopic (exact) mass is 408 g/mol. The molecular formula is C23H25ClN4O. The molecule has 0 aliphatic carbocycles. The fourth-order valence-electron chi connectivity index (χ4n) is 3.12.